The molecular formula is C56H78F2N8O12. The van der Waals surface area contributed by atoms with Crippen molar-refractivity contribution in [3.8, 4) is 0 Å². The molecule has 0 bridgehead atoms. The molecule has 0 radical (unpaired) electrons. The molecule has 428 valence electrons. The number of aromatic nitrogens is 2. The predicted octanol–water partition coefficient (Wildman–Crippen LogP) is 5.33. The van der Waals surface area contributed by atoms with Gasteiger partial charge in [-0.25, -0.2) is 13.6 Å². The lowest BCUT2D eigenvalue weighted by molar-refractivity contribution is -0.150. The molecule has 0 aliphatic carbocycles. The van der Waals surface area contributed by atoms with Crippen molar-refractivity contribution in [3.63, 3.8) is 0 Å². The monoisotopic (exact) mass is 1090 g/mol. The van der Waals surface area contributed by atoms with Crippen LogP contribution >= 0.6 is 0 Å². The van der Waals surface area contributed by atoms with Crippen LogP contribution in [0.5, 0.6) is 0 Å². The van der Waals surface area contributed by atoms with E-state index in [0.717, 1.165) is 21.4 Å². The molecular weight excluding hydrogens is 1010 g/mol. The van der Waals surface area contributed by atoms with Crippen molar-refractivity contribution < 1.29 is 66.0 Å². The van der Waals surface area contributed by atoms with E-state index in [1.807, 2.05) is 4.90 Å². The van der Waals surface area contributed by atoms with Crippen LogP contribution in [0.15, 0.2) is 42.7 Å². The fourth-order valence-corrected chi connectivity index (χ4v) is 10.4. The molecule has 2 saturated heterocycles. The Morgan fingerprint density at radius 1 is 0.731 bits per heavy atom. The average Bonchev–Trinajstić information content (AvgIpc) is 4.18. The first-order chi connectivity index (χ1) is 36.7. The highest BCUT2D eigenvalue weighted by molar-refractivity contribution is 5.93. The second-order valence-electron chi connectivity index (χ2n) is 21.6. The summed E-state index contributed by atoms with van der Waals surface area (Å²) in [5, 5.41) is 7.17. The largest absolute Gasteiger partial charge is 0.460 e. The van der Waals surface area contributed by atoms with Gasteiger partial charge in [0.15, 0.2) is 0 Å². The number of methoxy groups -OCH3 is 2. The van der Waals surface area contributed by atoms with Crippen LogP contribution in [0, 0.1) is 11.6 Å². The summed E-state index contributed by atoms with van der Waals surface area (Å²) in [5.41, 5.74) is 2.28. The summed E-state index contributed by atoms with van der Waals surface area (Å²) in [6.07, 6.45) is 1.79. The van der Waals surface area contributed by atoms with Crippen LogP contribution in [-0.4, -0.2) is 185 Å². The molecule has 0 saturated carbocycles. The number of amides is 5. The lowest BCUT2D eigenvalue weighted by Gasteiger charge is -2.34. The van der Waals surface area contributed by atoms with Crippen LogP contribution in [0.1, 0.15) is 98.3 Å². The summed E-state index contributed by atoms with van der Waals surface area (Å²) in [6, 6.07) is 2.12. The zero-order valence-electron chi connectivity index (χ0n) is 47.1. The highest BCUT2D eigenvalue weighted by Gasteiger charge is 2.45. The van der Waals surface area contributed by atoms with E-state index in [1.165, 1.54) is 60.2 Å². The molecule has 2 aromatic heterocycles. The number of rotatable bonds is 22. The van der Waals surface area contributed by atoms with Crippen molar-refractivity contribution >= 4 is 63.5 Å². The van der Waals surface area contributed by atoms with Crippen molar-refractivity contribution in [2.24, 2.45) is 0 Å². The molecule has 2 fully saturated rings. The zero-order chi connectivity index (χ0) is 57.5. The van der Waals surface area contributed by atoms with Crippen molar-refractivity contribution in [1.82, 2.24) is 40.2 Å². The number of aromatic amines is 2. The number of likely N-dealkylation sites (N-methyl/N-ethyl adjacent to an activating group) is 2. The number of carbonyl (C=O) groups is 7. The predicted molar refractivity (Wildman–Crippen MR) is 286 cm³/mol. The van der Waals surface area contributed by atoms with Crippen molar-refractivity contribution in [2.45, 2.75) is 167 Å². The first-order valence-electron chi connectivity index (χ1n) is 26.6. The first-order valence-corrected chi connectivity index (χ1v) is 26.6. The Morgan fingerprint density at radius 2 is 1.23 bits per heavy atom. The van der Waals surface area contributed by atoms with Crippen LogP contribution in [0.3, 0.4) is 0 Å². The highest BCUT2D eigenvalue weighted by Crippen LogP contribution is 2.33. The standard InChI is InChI=1S/C56H78F2N8O12/c1-30(51(69)61-48(32(3)74-12)53(71)65-23-20-46(76-34(5)67)44(65)25-36-28-59-43-27-38(57)16-17-39(36)43)63(10)22-14-15-41-42(58)19-18-40-37(29-60-50(40)41)26-45-47(77-35(6)68)21-24-66(45)54(72)49(33(4)75-13)62-52(70)31(2)64(11)55(73)78-56(7,8)9/h16-19,27-33,44-49,59-60H,14-15,20-26H2,1-13H3,(H,61,69)(H,62,70)/t30-,31-,32+,33+,44+,45+,46-,47-,48-,49-/m0/s1. The minimum absolute atomic E-state index is 0.195. The van der Waals surface area contributed by atoms with Crippen molar-refractivity contribution in [2.75, 3.05) is 47.9 Å². The Labute approximate surface area is 454 Å². The molecule has 0 spiro atoms. The van der Waals surface area contributed by atoms with Crippen LogP contribution in [0.4, 0.5) is 13.6 Å². The van der Waals surface area contributed by atoms with Gasteiger partial charge in [0.1, 0.15) is 47.6 Å². The Hall–Kier alpha value is -6.65. The topological polar surface area (TPSA) is 234 Å². The van der Waals surface area contributed by atoms with E-state index in [2.05, 4.69) is 20.6 Å². The molecule has 4 aromatic rings. The van der Waals surface area contributed by atoms with E-state index in [1.54, 1.807) is 82.9 Å². The van der Waals surface area contributed by atoms with Gasteiger partial charge in [-0.2, -0.15) is 0 Å². The molecule has 6 rings (SSSR count). The van der Waals surface area contributed by atoms with Gasteiger partial charge in [0, 0.05) is 95.3 Å². The van der Waals surface area contributed by atoms with Crippen molar-refractivity contribution in [3.05, 3.63) is 71.1 Å². The van der Waals surface area contributed by atoms with Gasteiger partial charge in [0.05, 0.1) is 35.9 Å². The number of benzene rings is 2. The smallest absolute Gasteiger partial charge is 0.410 e. The lowest BCUT2D eigenvalue weighted by atomic mass is 9.98. The number of H-pyrrole nitrogens is 2. The molecule has 22 heteroatoms. The molecule has 20 nitrogen and oxygen atoms in total. The van der Waals surface area contributed by atoms with Crippen LogP contribution in [-0.2, 0) is 71.7 Å². The average molecular weight is 1090 g/mol. The molecule has 2 aliphatic rings. The number of nitrogens with zero attached hydrogens (tertiary/aromatic N) is 4. The quantitative estimate of drug-likeness (QED) is 0.0577. The zero-order valence-corrected chi connectivity index (χ0v) is 47.1. The molecule has 2 aromatic carbocycles. The maximum atomic E-state index is 15.8. The number of likely N-dealkylation sites (tertiary alicyclic amines) is 2. The third-order valence-corrected chi connectivity index (χ3v) is 15.2. The summed E-state index contributed by atoms with van der Waals surface area (Å²) in [4.78, 5) is 107. The number of carbonyl (C=O) groups excluding carboxylic acids is 7. The van der Waals surface area contributed by atoms with E-state index < -0.39 is 120 Å². The second-order valence-corrected chi connectivity index (χ2v) is 21.6. The van der Waals surface area contributed by atoms with Crippen LogP contribution < -0.4 is 10.6 Å². The fourth-order valence-electron chi connectivity index (χ4n) is 10.4. The number of halogens is 2. The van der Waals surface area contributed by atoms with E-state index >= 15 is 4.39 Å². The van der Waals surface area contributed by atoms with E-state index in [-0.39, 0.29) is 25.9 Å². The molecule has 5 amide bonds. The molecule has 78 heavy (non-hydrogen) atoms. The van der Waals surface area contributed by atoms with Gasteiger partial charge in [-0.3, -0.25) is 38.6 Å². The Morgan fingerprint density at radius 3 is 1.74 bits per heavy atom. The number of esters is 2. The lowest BCUT2D eigenvalue weighted by Crippen LogP contribution is -2.59. The number of nitrogens with one attached hydrogen (secondary N) is 4. The van der Waals surface area contributed by atoms with Gasteiger partial charge in [-0.1, -0.05) is 0 Å². The van der Waals surface area contributed by atoms with Crippen LogP contribution in [0.2, 0.25) is 0 Å². The summed E-state index contributed by atoms with van der Waals surface area (Å²) in [6.45, 7) is 15.1. The molecule has 4 N–H and O–H groups in total. The number of hydrogen-bond acceptors (Lipinski definition) is 13. The molecule has 4 heterocycles. The van der Waals surface area contributed by atoms with Crippen molar-refractivity contribution in [1.29, 1.82) is 0 Å². The summed E-state index contributed by atoms with van der Waals surface area (Å²) >= 11 is 0. The minimum Gasteiger partial charge on any atom is -0.460 e. The minimum atomic E-state index is -1.19. The fraction of sp³-hybridized carbons (Fsp3) is 0.589. The number of aryl methyl sites for hydroxylation is 1. The molecule has 10 atom stereocenters. The number of ether oxygens (including phenoxy) is 5. The summed E-state index contributed by atoms with van der Waals surface area (Å²) in [5.74, 6) is -3.81. The molecule has 2 aliphatic heterocycles. The van der Waals surface area contributed by atoms with Gasteiger partial charge >= 0.3 is 18.0 Å². The van der Waals surface area contributed by atoms with E-state index in [9.17, 15) is 38.0 Å². The van der Waals surface area contributed by atoms with E-state index in [4.69, 9.17) is 23.7 Å². The highest BCUT2D eigenvalue weighted by atomic mass is 19.1. The maximum Gasteiger partial charge on any atom is 0.410 e. The summed E-state index contributed by atoms with van der Waals surface area (Å²) in [7, 11) is 6.05. The number of hydrogen-bond donors (Lipinski definition) is 4. The van der Waals surface area contributed by atoms with Crippen LogP contribution in [0.25, 0.3) is 21.8 Å². The third kappa shape index (κ3) is 14.3. The van der Waals surface area contributed by atoms with Gasteiger partial charge in [0.2, 0.25) is 23.6 Å². The molecule has 0 unspecified atom stereocenters. The van der Waals surface area contributed by atoms with Gasteiger partial charge in [-0.05, 0) is 129 Å². The summed E-state index contributed by atoms with van der Waals surface area (Å²) < 4.78 is 58.0. The first kappa shape index (κ1) is 60.6. The third-order valence-electron chi connectivity index (χ3n) is 15.2. The Kier molecular flexibility index (Phi) is 20.1. The maximum absolute atomic E-state index is 15.8. The SMILES string of the molecule is CO[C@H](C)[C@H](NC(=O)[C@H](C)N(C)CCCc1c(F)ccc2c(C[C@@H]3[C@@H](OC(C)=O)CCN3C(=O)[C@@H](NC(=O)[C@H](C)N(C)C(=O)OC(C)(C)C)[C@@H](C)OC)c[nH]c12)C(=O)N1CC[C@H](OC(C)=O)[C@H]1Cc1c[nH]c2cc(F)ccc12. The second kappa shape index (κ2) is 25.9. The van der Waals surface area contributed by atoms with Gasteiger partial charge < -0.3 is 54.1 Å². The Balaban J connectivity index is 1.13. The van der Waals surface area contributed by atoms with Gasteiger partial charge in [0.25, 0.3) is 0 Å². The Bertz CT molecular complexity index is 2810. The van der Waals surface area contributed by atoms with E-state index in [0.29, 0.717) is 54.2 Å². The normalized spacial score (nSPS) is 20.0. The van der Waals surface area contributed by atoms with Gasteiger partial charge in [-0.15, -0.1) is 0 Å². The number of fused-ring (bicyclic) bond motifs is 2.